The second-order valence-electron chi connectivity index (χ2n) is 4.37. The van der Waals surface area contributed by atoms with Gasteiger partial charge in [-0.3, -0.25) is 0 Å². The van der Waals surface area contributed by atoms with Crippen molar-refractivity contribution in [1.82, 2.24) is 5.32 Å². The largest absolute Gasteiger partial charge is 0.306 e. The Bertz CT molecular complexity index is 574. The molecule has 0 amide bonds. The van der Waals surface area contributed by atoms with Gasteiger partial charge in [0.05, 0.1) is 5.02 Å². The molecule has 0 fully saturated rings. The fourth-order valence-corrected chi connectivity index (χ4v) is 2.31. The fourth-order valence-electron chi connectivity index (χ4n) is 1.86. The zero-order valence-corrected chi connectivity index (χ0v) is 12.8. The summed E-state index contributed by atoms with van der Waals surface area (Å²) in [6, 6.07) is 12.5. The molecular weight excluding hydrogens is 329 g/mol. The molecule has 0 spiro atoms. The van der Waals surface area contributed by atoms with E-state index < -0.39 is 0 Å². The molecular formula is C15H14BrClFN. The van der Waals surface area contributed by atoms with E-state index in [0.717, 1.165) is 10.0 Å². The minimum atomic E-state index is -0.184. The number of rotatable bonds is 4. The molecule has 1 unspecified atom stereocenters. The van der Waals surface area contributed by atoms with Gasteiger partial charge in [-0.1, -0.05) is 35.9 Å². The smallest absolute Gasteiger partial charge is 0.127 e. The molecule has 19 heavy (non-hydrogen) atoms. The van der Waals surface area contributed by atoms with Crippen LogP contribution in [0.2, 0.25) is 5.02 Å². The lowest BCUT2D eigenvalue weighted by Gasteiger charge is -2.15. The molecule has 2 rings (SSSR count). The Hall–Kier alpha value is -0.900. The monoisotopic (exact) mass is 341 g/mol. The average molecular weight is 343 g/mol. The zero-order chi connectivity index (χ0) is 13.8. The molecule has 1 nitrogen and oxygen atoms in total. The third-order valence-electron chi connectivity index (χ3n) is 2.97. The summed E-state index contributed by atoms with van der Waals surface area (Å²) in [7, 11) is 0. The lowest BCUT2D eigenvalue weighted by Crippen LogP contribution is -2.19. The summed E-state index contributed by atoms with van der Waals surface area (Å²) < 4.78 is 14.5. The van der Waals surface area contributed by atoms with Gasteiger partial charge in [0.15, 0.2) is 0 Å². The molecule has 0 heterocycles. The summed E-state index contributed by atoms with van der Waals surface area (Å²) in [6.45, 7) is 2.58. The maximum Gasteiger partial charge on any atom is 0.127 e. The predicted molar refractivity (Wildman–Crippen MR) is 80.8 cm³/mol. The van der Waals surface area contributed by atoms with Crippen LogP contribution >= 0.6 is 27.5 Å². The van der Waals surface area contributed by atoms with Gasteiger partial charge in [0.2, 0.25) is 0 Å². The molecule has 0 aliphatic heterocycles. The Balaban J connectivity index is 2.02. The highest BCUT2D eigenvalue weighted by atomic mass is 79.9. The first-order valence-electron chi connectivity index (χ1n) is 5.99. The molecule has 1 atom stereocenters. The van der Waals surface area contributed by atoms with Crippen molar-refractivity contribution in [3.8, 4) is 0 Å². The van der Waals surface area contributed by atoms with E-state index in [1.54, 1.807) is 12.1 Å². The number of benzene rings is 2. The molecule has 0 aromatic heterocycles. The van der Waals surface area contributed by atoms with Crippen LogP contribution in [0.1, 0.15) is 24.1 Å². The van der Waals surface area contributed by atoms with E-state index in [4.69, 9.17) is 11.6 Å². The molecule has 1 N–H and O–H groups in total. The van der Waals surface area contributed by atoms with Crippen molar-refractivity contribution >= 4 is 27.5 Å². The minimum absolute atomic E-state index is 0.0522. The van der Waals surface area contributed by atoms with Crippen molar-refractivity contribution in [2.75, 3.05) is 0 Å². The molecule has 0 aliphatic carbocycles. The molecule has 0 aliphatic rings. The van der Waals surface area contributed by atoms with Crippen molar-refractivity contribution in [1.29, 1.82) is 0 Å². The van der Waals surface area contributed by atoms with Crippen molar-refractivity contribution in [3.63, 3.8) is 0 Å². The predicted octanol–water partition coefficient (Wildman–Crippen LogP) is 5.09. The molecule has 0 saturated carbocycles. The zero-order valence-electron chi connectivity index (χ0n) is 10.5. The van der Waals surface area contributed by atoms with Crippen molar-refractivity contribution in [3.05, 3.63) is 68.9 Å². The summed E-state index contributed by atoms with van der Waals surface area (Å²) >= 11 is 9.39. The molecule has 100 valence electrons. The Morgan fingerprint density at radius 1 is 1.26 bits per heavy atom. The van der Waals surface area contributed by atoms with Gasteiger partial charge < -0.3 is 5.32 Å². The Kier molecular flexibility index (Phi) is 4.97. The van der Waals surface area contributed by atoms with Gasteiger partial charge in [-0.2, -0.15) is 0 Å². The van der Waals surface area contributed by atoms with Gasteiger partial charge >= 0.3 is 0 Å². The van der Waals surface area contributed by atoms with Crippen LogP contribution in [0.5, 0.6) is 0 Å². The number of halogens is 3. The van der Waals surface area contributed by atoms with Gasteiger partial charge in [-0.25, -0.2) is 4.39 Å². The van der Waals surface area contributed by atoms with Gasteiger partial charge in [-0.05, 0) is 46.6 Å². The van der Waals surface area contributed by atoms with Gasteiger partial charge in [-0.15, -0.1) is 0 Å². The normalized spacial score (nSPS) is 12.4. The van der Waals surface area contributed by atoms with Crippen LogP contribution < -0.4 is 5.32 Å². The van der Waals surface area contributed by atoms with Crippen LogP contribution in [-0.2, 0) is 6.54 Å². The van der Waals surface area contributed by atoms with E-state index in [0.29, 0.717) is 17.1 Å². The first-order chi connectivity index (χ1) is 9.08. The van der Waals surface area contributed by atoms with Gasteiger partial charge in [0.25, 0.3) is 0 Å². The summed E-state index contributed by atoms with van der Waals surface area (Å²) in [5, 5.41) is 3.97. The van der Waals surface area contributed by atoms with E-state index in [9.17, 15) is 4.39 Å². The SMILES string of the molecule is CC(NCc1ccc(Br)c(Cl)c1)c1ccccc1F. The standard InChI is InChI=1S/C15H14BrClFN/c1-10(12-4-2-3-5-15(12)18)19-9-11-6-7-13(16)14(17)8-11/h2-8,10,19H,9H2,1H3. The first kappa shape index (κ1) is 14.5. The highest BCUT2D eigenvalue weighted by molar-refractivity contribution is 9.10. The number of nitrogens with one attached hydrogen (secondary N) is 1. The molecule has 0 saturated heterocycles. The third-order valence-corrected chi connectivity index (χ3v) is 4.20. The Labute approximate surface area is 125 Å². The maximum absolute atomic E-state index is 13.6. The van der Waals surface area contributed by atoms with Crippen LogP contribution in [0.15, 0.2) is 46.9 Å². The fraction of sp³-hybridized carbons (Fsp3) is 0.200. The molecule has 2 aromatic rings. The summed E-state index contributed by atoms with van der Waals surface area (Å²) in [4.78, 5) is 0. The second kappa shape index (κ2) is 6.51. The lowest BCUT2D eigenvalue weighted by atomic mass is 10.1. The van der Waals surface area contributed by atoms with E-state index >= 15 is 0 Å². The van der Waals surface area contributed by atoms with Crippen LogP contribution in [-0.4, -0.2) is 0 Å². The highest BCUT2D eigenvalue weighted by Crippen LogP contribution is 2.23. The summed E-state index contributed by atoms with van der Waals surface area (Å²) in [5.41, 5.74) is 1.74. The van der Waals surface area contributed by atoms with E-state index in [1.807, 2.05) is 31.2 Å². The third kappa shape index (κ3) is 3.78. The second-order valence-corrected chi connectivity index (χ2v) is 5.63. The van der Waals surface area contributed by atoms with Crippen LogP contribution in [0, 0.1) is 5.82 Å². The highest BCUT2D eigenvalue weighted by Gasteiger charge is 2.09. The van der Waals surface area contributed by atoms with Crippen molar-refractivity contribution in [2.45, 2.75) is 19.5 Å². The maximum atomic E-state index is 13.6. The van der Waals surface area contributed by atoms with Crippen molar-refractivity contribution in [2.24, 2.45) is 0 Å². The van der Waals surface area contributed by atoms with E-state index in [2.05, 4.69) is 21.2 Å². The van der Waals surface area contributed by atoms with Crippen molar-refractivity contribution < 1.29 is 4.39 Å². The lowest BCUT2D eigenvalue weighted by molar-refractivity contribution is 0.528. The number of hydrogen-bond donors (Lipinski definition) is 1. The van der Waals surface area contributed by atoms with Gasteiger partial charge in [0, 0.05) is 22.6 Å². The average Bonchev–Trinajstić information content (AvgIpc) is 2.40. The first-order valence-corrected chi connectivity index (χ1v) is 7.17. The Morgan fingerprint density at radius 3 is 2.68 bits per heavy atom. The van der Waals surface area contributed by atoms with Gasteiger partial charge in [0.1, 0.15) is 5.82 Å². The minimum Gasteiger partial charge on any atom is -0.306 e. The molecule has 4 heteroatoms. The molecule has 0 radical (unpaired) electrons. The van der Waals surface area contributed by atoms with E-state index in [-0.39, 0.29) is 11.9 Å². The molecule has 0 bridgehead atoms. The molecule has 2 aromatic carbocycles. The van der Waals surface area contributed by atoms with Crippen LogP contribution in [0.25, 0.3) is 0 Å². The summed E-state index contributed by atoms with van der Waals surface area (Å²) in [6.07, 6.45) is 0. The summed E-state index contributed by atoms with van der Waals surface area (Å²) in [5.74, 6) is -0.184. The van der Waals surface area contributed by atoms with E-state index in [1.165, 1.54) is 6.07 Å². The quantitative estimate of drug-likeness (QED) is 0.816. The topological polar surface area (TPSA) is 12.0 Å². The Morgan fingerprint density at radius 2 is 2.00 bits per heavy atom. The van der Waals surface area contributed by atoms with Crippen LogP contribution in [0.3, 0.4) is 0 Å². The number of hydrogen-bond acceptors (Lipinski definition) is 1. The van der Waals surface area contributed by atoms with Crippen LogP contribution in [0.4, 0.5) is 4.39 Å².